The predicted molar refractivity (Wildman–Crippen MR) is 35.2 cm³/mol. The van der Waals surface area contributed by atoms with Gasteiger partial charge in [-0.2, -0.15) is 0 Å². The minimum atomic E-state index is -0.178. The van der Waals surface area contributed by atoms with Crippen molar-refractivity contribution in [2.45, 2.75) is 25.7 Å². The van der Waals surface area contributed by atoms with E-state index in [1.165, 1.54) is 0 Å². The zero-order valence-corrected chi connectivity index (χ0v) is 5.75. The van der Waals surface area contributed by atoms with Crippen molar-refractivity contribution < 1.29 is 4.39 Å². The minimum Gasteiger partial charge on any atom is -0.251 e. The maximum atomic E-state index is 11.4. The van der Waals surface area contributed by atoms with Gasteiger partial charge in [0.2, 0.25) is 0 Å². The molecule has 0 amide bonds. The van der Waals surface area contributed by atoms with Crippen molar-refractivity contribution in [1.29, 1.82) is 0 Å². The van der Waals surface area contributed by atoms with Gasteiger partial charge in [0.25, 0.3) is 0 Å². The largest absolute Gasteiger partial charge is 0.251 e. The first-order valence-electron chi connectivity index (χ1n) is 3.03. The average molecular weight is 139 g/mol. The highest BCUT2D eigenvalue weighted by molar-refractivity contribution is 6.17. The Morgan fingerprint density at radius 1 is 1.00 bits per heavy atom. The van der Waals surface area contributed by atoms with Gasteiger partial charge in [-0.3, -0.25) is 4.39 Å². The Labute approximate surface area is 55.0 Å². The molecule has 0 aromatic rings. The summed E-state index contributed by atoms with van der Waals surface area (Å²) in [4.78, 5) is 0. The van der Waals surface area contributed by atoms with Crippen molar-refractivity contribution >= 4 is 11.6 Å². The smallest absolute Gasteiger partial charge is 0.0894 e. The monoisotopic (exact) mass is 138 g/mol. The molecule has 8 heavy (non-hydrogen) atoms. The summed E-state index contributed by atoms with van der Waals surface area (Å²) in [5.41, 5.74) is 0. The fourth-order valence-electron chi connectivity index (χ4n) is 0.543. The number of halogens is 2. The highest BCUT2D eigenvalue weighted by Gasteiger charge is 1.85. The van der Waals surface area contributed by atoms with E-state index in [2.05, 4.69) is 0 Å². The van der Waals surface area contributed by atoms with Crippen LogP contribution in [0.1, 0.15) is 25.7 Å². The van der Waals surface area contributed by atoms with Crippen LogP contribution in [0.2, 0.25) is 0 Å². The first kappa shape index (κ1) is 8.22. The highest BCUT2D eigenvalue weighted by Crippen LogP contribution is 2.00. The van der Waals surface area contributed by atoms with Gasteiger partial charge in [-0.1, -0.05) is 12.8 Å². The van der Waals surface area contributed by atoms with Crippen molar-refractivity contribution in [3.63, 3.8) is 0 Å². The molecule has 0 N–H and O–H groups in total. The van der Waals surface area contributed by atoms with Crippen LogP contribution in [0.4, 0.5) is 4.39 Å². The normalized spacial score (nSPS) is 9.75. The lowest BCUT2D eigenvalue weighted by Crippen LogP contribution is -1.79. The van der Waals surface area contributed by atoms with Crippen LogP contribution >= 0.6 is 11.6 Å². The maximum Gasteiger partial charge on any atom is 0.0894 e. The number of hydrogen-bond acceptors (Lipinski definition) is 0. The quantitative estimate of drug-likeness (QED) is 0.405. The van der Waals surface area contributed by atoms with E-state index in [0.29, 0.717) is 12.3 Å². The van der Waals surface area contributed by atoms with Crippen molar-refractivity contribution in [3.05, 3.63) is 0 Å². The van der Waals surface area contributed by atoms with Crippen LogP contribution in [-0.2, 0) is 0 Å². The summed E-state index contributed by atoms with van der Waals surface area (Å²) in [5, 5.41) is 0. The molecule has 50 valence electrons. The minimum absolute atomic E-state index is 0.178. The average Bonchev–Trinajstić information content (AvgIpc) is 1.81. The summed E-state index contributed by atoms with van der Waals surface area (Å²) in [6.45, 7) is -0.178. The van der Waals surface area contributed by atoms with E-state index in [1.54, 1.807) is 0 Å². The molecular weight excluding hydrogens is 127 g/mol. The standard InChI is InChI=1S/C6H12ClF/c7-5-3-1-2-4-6-8/h1-6H2. The Morgan fingerprint density at radius 3 is 2.12 bits per heavy atom. The Hall–Kier alpha value is 0.220. The Kier molecular flexibility index (Phi) is 7.42. The molecule has 0 aliphatic heterocycles. The third-order valence-corrected chi connectivity index (χ3v) is 1.28. The second-order valence-corrected chi connectivity index (χ2v) is 2.17. The summed E-state index contributed by atoms with van der Waals surface area (Å²) in [5.74, 6) is 0.715. The fraction of sp³-hybridized carbons (Fsp3) is 1.00. The zero-order valence-electron chi connectivity index (χ0n) is 5.00. The van der Waals surface area contributed by atoms with Crippen LogP contribution in [0.15, 0.2) is 0 Å². The summed E-state index contributed by atoms with van der Waals surface area (Å²) in [6, 6.07) is 0. The third kappa shape index (κ3) is 6.22. The van der Waals surface area contributed by atoms with E-state index in [9.17, 15) is 4.39 Å². The molecule has 0 aliphatic rings. The van der Waals surface area contributed by atoms with E-state index in [1.807, 2.05) is 0 Å². The fourth-order valence-corrected chi connectivity index (χ4v) is 0.732. The van der Waals surface area contributed by atoms with Gasteiger partial charge in [0, 0.05) is 5.88 Å². The molecule has 0 aliphatic carbocycles. The lowest BCUT2D eigenvalue weighted by atomic mass is 10.2. The Balaban J connectivity index is 2.53. The number of unbranched alkanes of at least 4 members (excludes halogenated alkanes) is 3. The molecule has 0 saturated heterocycles. The van der Waals surface area contributed by atoms with Gasteiger partial charge < -0.3 is 0 Å². The second kappa shape index (κ2) is 7.22. The molecule has 0 aromatic carbocycles. The van der Waals surface area contributed by atoms with Gasteiger partial charge in [0.15, 0.2) is 0 Å². The third-order valence-electron chi connectivity index (χ3n) is 1.02. The molecule has 0 rings (SSSR count). The molecule has 0 atom stereocenters. The lowest BCUT2D eigenvalue weighted by molar-refractivity contribution is 0.455. The lowest BCUT2D eigenvalue weighted by Gasteiger charge is -1.91. The second-order valence-electron chi connectivity index (χ2n) is 1.79. The van der Waals surface area contributed by atoms with Crippen LogP contribution in [0.25, 0.3) is 0 Å². The van der Waals surface area contributed by atoms with Crippen molar-refractivity contribution in [3.8, 4) is 0 Å². The summed E-state index contributed by atoms with van der Waals surface area (Å²) < 4.78 is 11.4. The summed E-state index contributed by atoms with van der Waals surface area (Å²) >= 11 is 5.39. The van der Waals surface area contributed by atoms with Crippen molar-refractivity contribution in [2.75, 3.05) is 12.6 Å². The molecule has 0 radical (unpaired) electrons. The van der Waals surface area contributed by atoms with E-state index in [0.717, 1.165) is 19.3 Å². The number of rotatable bonds is 5. The highest BCUT2D eigenvalue weighted by atomic mass is 35.5. The Morgan fingerprint density at radius 2 is 1.62 bits per heavy atom. The number of hydrogen-bond donors (Lipinski definition) is 0. The van der Waals surface area contributed by atoms with E-state index in [4.69, 9.17) is 11.6 Å². The first-order valence-corrected chi connectivity index (χ1v) is 3.57. The van der Waals surface area contributed by atoms with Crippen LogP contribution in [-0.4, -0.2) is 12.6 Å². The molecule has 0 spiro atoms. The van der Waals surface area contributed by atoms with E-state index < -0.39 is 0 Å². The molecular formula is C6H12ClF. The first-order chi connectivity index (χ1) is 3.91. The van der Waals surface area contributed by atoms with Gasteiger partial charge in [-0.25, -0.2) is 0 Å². The molecule has 0 saturated carbocycles. The van der Waals surface area contributed by atoms with Gasteiger partial charge in [-0.15, -0.1) is 11.6 Å². The number of alkyl halides is 2. The van der Waals surface area contributed by atoms with Gasteiger partial charge >= 0.3 is 0 Å². The van der Waals surface area contributed by atoms with Crippen LogP contribution < -0.4 is 0 Å². The zero-order chi connectivity index (χ0) is 6.24. The van der Waals surface area contributed by atoms with E-state index in [-0.39, 0.29) is 6.67 Å². The van der Waals surface area contributed by atoms with Gasteiger partial charge in [-0.05, 0) is 12.8 Å². The summed E-state index contributed by atoms with van der Waals surface area (Å²) in [6.07, 6.45) is 3.80. The van der Waals surface area contributed by atoms with E-state index >= 15 is 0 Å². The summed E-state index contributed by atoms with van der Waals surface area (Å²) in [7, 11) is 0. The Bertz CT molecular complexity index is 33.5. The molecule has 0 bridgehead atoms. The van der Waals surface area contributed by atoms with Gasteiger partial charge in [0.1, 0.15) is 0 Å². The van der Waals surface area contributed by atoms with Crippen molar-refractivity contribution in [2.24, 2.45) is 0 Å². The van der Waals surface area contributed by atoms with Crippen LogP contribution in [0.3, 0.4) is 0 Å². The van der Waals surface area contributed by atoms with Crippen LogP contribution in [0, 0.1) is 0 Å². The molecule has 0 nitrogen and oxygen atoms in total. The molecule has 0 fully saturated rings. The maximum absolute atomic E-state index is 11.4. The topological polar surface area (TPSA) is 0 Å². The van der Waals surface area contributed by atoms with Gasteiger partial charge in [0.05, 0.1) is 6.67 Å². The molecule has 0 aromatic heterocycles. The molecule has 0 unspecified atom stereocenters. The predicted octanol–water partition coefficient (Wildman–Crippen LogP) is 2.76. The van der Waals surface area contributed by atoms with Crippen molar-refractivity contribution in [1.82, 2.24) is 0 Å². The molecule has 2 heteroatoms. The SMILES string of the molecule is FCCCCCCCl. The molecule has 0 heterocycles. The van der Waals surface area contributed by atoms with Crippen LogP contribution in [0.5, 0.6) is 0 Å².